The first-order chi connectivity index (χ1) is 5.91. The van der Waals surface area contributed by atoms with Crippen LogP contribution >= 0.6 is 0 Å². The van der Waals surface area contributed by atoms with Crippen molar-refractivity contribution in [2.75, 3.05) is 13.2 Å². The van der Waals surface area contributed by atoms with Gasteiger partial charge in [-0.15, -0.1) is 0 Å². The SMILES string of the molecule is CC.CC.CCCCCOCC. The van der Waals surface area contributed by atoms with E-state index < -0.39 is 0 Å². The largest absolute Gasteiger partial charge is 0.382 e. The lowest BCUT2D eigenvalue weighted by Crippen LogP contribution is -1.91. The second-order valence-electron chi connectivity index (χ2n) is 1.90. The summed E-state index contributed by atoms with van der Waals surface area (Å²) in [6.45, 7) is 14.0. The van der Waals surface area contributed by atoms with E-state index >= 15 is 0 Å². The molecule has 0 aromatic carbocycles. The Hall–Kier alpha value is -0.0400. The topological polar surface area (TPSA) is 9.23 Å². The molecule has 0 amide bonds. The Morgan fingerprint density at radius 3 is 1.67 bits per heavy atom. The first-order valence-electron chi connectivity index (χ1n) is 5.49. The van der Waals surface area contributed by atoms with E-state index in [1.54, 1.807) is 0 Å². The van der Waals surface area contributed by atoms with E-state index in [9.17, 15) is 0 Å². The molecule has 0 unspecified atom stereocenters. The summed E-state index contributed by atoms with van der Waals surface area (Å²) in [7, 11) is 0. The zero-order chi connectivity index (χ0) is 10.2. The average molecular weight is 176 g/mol. The summed E-state index contributed by atoms with van der Waals surface area (Å²) in [5.41, 5.74) is 0. The highest BCUT2D eigenvalue weighted by molar-refractivity contribution is 4.34. The zero-order valence-corrected chi connectivity index (χ0v) is 9.94. The fourth-order valence-electron chi connectivity index (χ4n) is 0.598. The molecule has 0 aliphatic rings. The van der Waals surface area contributed by atoms with Gasteiger partial charge in [-0.25, -0.2) is 0 Å². The van der Waals surface area contributed by atoms with E-state index in [1.807, 2.05) is 34.6 Å². The average Bonchev–Trinajstić information content (AvgIpc) is 2.19. The normalized spacial score (nSPS) is 7.50. The van der Waals surface area contributed by atoms with Crippen LogP contribution < -0.4 is 0 Å². The molecule has 0 radical (unpaired) electrons. The number of hydrogen-bond donors (Lipinski definition) is 0. The van der Waals surface area contributed by atoms with Gasteiger partial charge in [0.2, 0.25) is 0 Å². The van der Waals surface area contributed by atoms with Crippen molar-refractivity contribution in [1.82, 2.24) is 0 Å². The summed E-state index contributed by atoms with van der Waals surface area (Å²) in [5, 5.41) is 0. The van der Waals surface area contributed by atoms with Gasteiger partial charge in [0.25, 0.3) is 0 Å². The zero-order valence-electron chi connectivity index (χ0n) is 9.94. The van der Waals surface area contributed by atoms with Crippen LogP contribution in [0.25, 0.3) is 0 Å². The van der Waals surface area contributed by atoms with Crippen LogP contribution in [-0.2, 0) is 4.74 Å². The maximum Gasteiger partial charge on any atom is 0.0465 e. The van der Waals surface area contributed by atoms with E-state index in [4.69, 9.17) is 4.74 Å². The van der Waals surface area contributed by atoms with Crippen LogP contribution in [-0.4, -0.2) is 13.2 Å². The van der Waals surface area contributed by atoms with Gasteiger partial charge in [0, 0.05) is 13.2 Å². The van der Waals surface area contributed by atoms with Gasteiger partial charge in [0.15, 0.2) is 0 Å². The van der Waals surface area contributed by atoms with Gasteiger partial charge in [-0.1, -0.05) is 47.5 Å². The first kappa shape index (κ1) is 17.9. The van der Waals surface area contributed by atoms with E-state index in [2.05, 4.69) is 6.92 Å². The molecule has 12 heavy (non-hydrogen) atoms. The van der Waals surface area contributed by atoms with Crippen molar-refractivity contribution in [2.45, 2.75) is 60.8 Å². The predicted molar refractivity (Wildman–Crippen MR) is 58.7 cm³/mol. The van der Waals surface area contributed by atoms with Crippen LogP contribution in [0.5, 0.6) is 0 Å². The van der Waals surface area contributed by atoms with Gasteiger partial charge in [0.1, 0.15) is 0 Å². The maximum atomic E-state index is 5.14. The number of hydrogen-bond acceptors (Lipinski definition) is 1. The highest BCUT2D eigenvalue weighted by atomic mass is 16.5. The lowest BCUT2D eigenvalue weighted by atomic mass is 10.3. The summed E-state index contributed by atoms with van der Waals surface area (Å²) in [4.78, 5) is 0. The lowest BCUT2D eigenvalue weighted by molar-refractivity contribution is 0.143. The lowest BCUT2D eigenvalue weighted by Gasteiger charge is -1.96. The van der Waals surface area contributed by atoms with Crippen LogP contribution in [0.2, 0.25) is 0 Å². The smallest absolute Gasteiger partial charge is 0.0465 e. The third-order valence-electron chi connectivity index (χ3n) is 1.10. The van der Waals surface area contributed by atoms with Crippen molar-refractivity contribution in [3.05, 3.63) is 0 Å². The standard InChI is InChI=1S/C7H16O.2C2H6/c1-3-5-6-7-8-4-2;2*1-2/h3-7H2,1-2H3;2*1-2H3. The molecule has 0 spiro atoms. The van der Waals surface area contributed by atoms with Crippen molar-refractivity contribution in [2.24, 2.45) is 0 Å². The minimum Gasteiger partial charge on any atom is -0.382 e. The van der Waals surface area contributed by atoms with E-state index in [-0.39, 0.29) is 0 Å². The Labute approximate surface area is 79.5 Å². The van der Waals surface area contributed by atoms with Gasteiger partial charge in [-0.05, 0) is 13.3 Å². The van der Waals surface area contributed by atoms with Crippen LogP contribution in [0.3, 0.4) is 0 Å². The molecule has 0 bridgehead atoms. The highest BCUT2D eigenvalue weighted by Gasteiger charge is 1.82. The van der Waals surface area contributed by atoms with E-state index in [0.29, 0.717) is 0 Å². The first-order valence-corrected chi connectivity index (χ1v) is 5.49. The van der Waals surface area contributed by atoms with Crippen molar-refractivity contribution in [1.29, 1.82) is 0 Å². The van der Waals surface area contributed by atoms with Crippen LogP contribution in [0.4, 0.5) is 0 Å². The number of unbranched alkanes of at least 4 members (excludes halogenated alkanes) is 2. The second kappa shape index (κ2) is 30.6. The Balaban J connectivity index is -0.000000175. The minimum absolute atomic E-state index is 0.865. The van der Waals surface area contributed by atoms with Crippen LogP contribution in [0.1, 0.15) is 60.8 Å². The summed E-state index contributed by atoms with van der Waals surface area (Å²) < 4.78 is 5.14. The molecule has 0 aromatic rings. The second-order valence-corrected chi connectivity index (χ2v) is 1.90. The number of rotatable bonds is 5. The summed E-state index contributed by atoms with van der Waals surface area (Å²) in [5.74, 6) is 0. The molecule has 0 saturated carbocycles. The Morgan fingerprint density at radius 1 is 0.833 bits per heavy atom. The molecule has 0 aliphatic heterocycles. The maximum absolute atomic E-state index is 5.14. The van der Waals surface area contributed by atoms with Crippen molar-refractivity contribution < 1.29 is 4.74 Å². The molecule has 1 nitrogen and oxygen atoms in total. The molecular formula is C11H28O. The molecule has 0 heterocycles. The Kier molecular flexibility index (Phi) is 45.6. The van der Waals surface area contributed by atoms with Crippen LogP contribution in [0, 0.1) is 0 Å². The fraction of sp³-hybridized carbons (Fsp3) is 1.00. The van der Waals surface area contributed by atoms with Gasteiger partial charge in [0.05, 0.1) is 0 Å². The molecule has 0 atom stereocenters. The molecule has 1 heteroatoms. The van der Waals surface area contributed by atoms with Crippen LogP contribution in [0.15, 0.2) is 0 Å². The monoisotopic (exact) mass is 176 g/mol. The van der Waals surface area contributed by atoms with E-state index in [1.165, 1.54) is 19.3 Å². The molecule has 0 aromatic heterocycles. The molecule has 0 N–H and O–H groups in total. The van der Waals surface area contributed by atoms with E-state index in [0.717, 1.165) is 13.2 Å². The predicted octanol–water partition coefficient (Wildman–Crippen LogP) is 4.27. The number of ether oxygens (including phenoxy) is 1. The molecule has 0 rings (SSSR count). The summed E-state index contributed by atoms with van der Waals surface area (Å²) >= 11 is 0. The van der Waals surface area contributed by atoms with Crippen molar-refractivity contribution in [3.8, 4) is 0 Å². The third-order valence-corrected chi connectivity index (χ3v) is 1.10. The summed E-state index contributed by atoms with van der Waals surface area (Å²) in [6, 6.07) is 0. The Morgan fingerprint density at radius 2 is 1.33 bits per heavy atom. The highest BCUT2D eigenvalue weighted by Crippen LogP contribution is 1.92. The minimum atomic E-state index is 0.865. The van der Waals surface area contributed by atoms with Gasteiger partial charge in [-0.3, -0.25) is 0 Å². The molecule has 0 saturated heterocycles. The van der Waals surface area contributed by atoms with Gasteiger partial charge in [-0.2, -0.15) is 0 Å². The van der Waals surface area contributed by atoms with Gasteiger partial charge < -0.3 is 4.74 Å². The summed E-state index contributed by atoms with van der Waals surface area (Å²) in [6.07, 6.45) is 3.82. The molecular weight excluding hydrogens is 148 g/mol. The quantitative estimate of drug-likeness (QED) is 0.569. The van der Waals surface area contributed by atoms with Gasteiger partial charge >= 0.3 is 0 Å². The molecule has 0 fully saturated rings. The van der Waals surface area contributed by atoms with Crippen molar-refractivity contribution >= 4 is 0 Å². The van der Waals surface area contributed by atoms with Crippen molar-refractivity contribution in [3.63, 3.8) is 0 Å². The fourth-order valence-corrected chi connectivity index (χ4v) is 0.598. The molecule has 0 aliphatic carbocycles. The molecule has 78 valence electrons. The Bertz CT molecular complexity index is 30.0. The third kappa shape index (κ3) is 32.5.